The third-order valence-electron chi connectivity index (χ3n) is 11.9. The molecule has 0 N–H and O–H groups in total. The summed E-state index contributed by atoms with van der Waals surface area (Å²) >= 11 is 0. The largest absolute Gasteiger partial charge is 0.436 e. The van der Waals surface area contributed by atoms with E-state index in [4.69, 9.17) is 18.8 Å². The van der Waals surface area contributed by atoms with E-state index in [9.17, 15) is 0 Å². The molecular weight excluding hydrogens is 785 g/mol. The minimum absolute atomic E-state index is 0.606. The average Bonchev–Trinajstić information content (AvgIpc) is 4.01. The standard InChI is InChI=1S/C58H38N4O2/c1-3-15-49-41(11-1)13-9-19-53(49)61(47-35-27-43(28-36-47)57-59-51-17-5-7-21-55(51)63-57)45-31-23-39(24-32-45)40-25-33-46(34-26-40)62(54-20-10-14-42-12-2-4-16-50(42)54)48-37-29-44(30-38-48)58-60-52-18-6-8-22-56(52)64-58/h1-38H. The summed E-state index contributed by atoms with van der Waals surface area (Å²) in [6, 6.07) is 80.4. The van der Waals surface area contributed by atoms with Crippen molar-refractivity contribution in [1.29, 1.82) is 0 Å². The normalized spacial score (nSPS) is 11.4. The topological polar surface area (TPSA) is 58.5 Å². The molecule has 0 saturated carbocycles. The van der Waals surface area contributed by atoms with Crippen molar-refractivity contribution in [2.24, 2.45) is 0 Å². The number of oxazole rings is 2. The molecule has 12 rings (SSSR count). The highest BCUT2D eigenvalue weighted by Crippen LogP contribution is 2.43. The van der Waals surface area contributed by atoms with Crippen LogP contribution in [0.5, 0.6) is 0 Å². The fourth-order valence-electron chi connectivity index (χ4n) is 8.76. The van der Waals surface area contributed by atoms with Gasteiger partial charge in [-0.15, -0.1) is 0 Å². The molecule has 0 aliphatic carbocycles. The Morgan fingerprint density at radius 1 is 0.281 bits per heavy atom. The van der Waals surface area contributed by atoms with Crippen molar-refractivity contribution in [3.05, 3.63) is 231 Å². The molecule has 0 unspecified atom stereocenters. The van der Waals surface area contributed by atoms with Crippen molar-refractivity contribution in [3.63, 3.8) is 0 Å². The van der Waals surface area contributed by atoms with Gasteiger partial charge in [-0.3, -0.25) is 0 Å². The zero-order valence-corrected chi connectivity index (χ0v) is 34.5. The van der Waals surface area contributed by atoms with Gasteiger partial charge in [-0.25, -0.2) is 9.97 Å². The SMILES string of the molecule is c1ccc2c(N(c3ccc(-c4ccc(N(c5ccc(-c6nc7ccccc7o6)cc5)c5cccc6ccccc56)cc4)cc3)c3ccc(-c4nc5ccccc5o4)cc3)cccc2c1. The van der Waals surface area contributed by atoms with Gasteiger partial charge in [0.25, 0.3) is 0 Å². The first-order valence-electron chi connectivity index (χ1n) is 21.4. The maximum Gasteiger partial charge on any atom is 0.227 e. The molecule has 0 fully saturated rings. The quantitative estimate of drug-likeness (QED) is 0.145. The third kappa shape index (κ3) is 6.71. The van der Waals surface area contributed by atoms with Gasteiger partial charge in [0, 0.05) is 44.6 Å². The van der Waals surface area contributed by atoms with Gasteiger partial charge in [0.05, 0.1) is 11.4 Å². The van der Waals surface area contributed by atoms with Gasteiger partial charge in [-0.1, -0.05) is 121 Å². The first-order chi connectivity index (χ1) is 31.7. The molecule has 0 aliphatic heterocycles. The zero-order valence-electron chi connectivity index (χ0n) is 34.5. The predicted molar refractivity (Wildman–Crippen MR) is 262 cm³/mol. The lowest BCUT2D eigenvalue weighted by atomic mass is 10.0. The summed E-state index contributed by atoms with van der Waals surface area (Å²) in [4.78, 5) is 14.1. The summed E-state index contributed by atoms with van der Waals surface area (Å²) in [5.74, 6) is 1.21. The fraction of sp³-hybridized carbons (Fsp3) is 0. The van der Waals surface area contributed by atoms with E-state index < -0.39 is 0 Å². The second-order valence-electron chi connectivity index (χ2n) is 15.8. The Hall–Kier alpha value is -8.74. The molecule has 2 aromatic heterocycles. The van der Waals surface area contributed by atoms with Crippen molar-refractivity contribution < 1.29 is 8.83 Å². The summed E-state index contributed by atoms with van der Waals surface area (Å²) in [5, 5.41) is 4.71. The highest BCUT2D eigenvalue weighted by Gasteiger charge is 2.19. The maximum absolute atomic E-state index is 6.11. The van der Waals surface area contributed by atoms with Crippen LogP contribution in [0.2, 0.25) is 0 Å². The lowest BCUT2D eigenvalue weighted by Crippen LogP contribution is -2.10. The number of fused-ring (bicyclic) bond motifs is 4. The molecule has 0 spiro atoms. The zero-order chi connectivity index (χ0) is 42.4. The van der Waals surface area contributed by atoms with Crippen molar-refractivity contribution in [2.45, 2.75) is 0 Å². The molecule has 302 valence electrons. The number of nitrogens with zero attached hydrogens (tertiary/aromatic N) is 4. The first kappa shape index (κ1) is 37.1. The molecule has 6 heteroatoms. The molecular formula is C58H38N4O2. The monoisotopic (exact) mass is 822 g/mol. The molecule has 12 aromatic rings. The number of rotatable bonds is 9. The van der Waals surface area contributed by atoms with Crippen molar-refractivity contribution in [2.75, 3.05) is 9.80 Å². The predicted octanol–water partition coefficient (Wildman–Crippen LogP) is 16.2. The van der Waals surface area contributed by atoms with Crippen LogP contribution in [-0.2, 0) is 0 Å². The Balaban J connectivity index is 0.887. The van der Waals surface area contributed by atoms with E-state index in [1.54, 1.807) is 0 Å². The lowest BCUT2D eigenvalue weighted by molar-refractivity contribution is 0.619. The van der Waals surface area contributed by atoms with E-state index in [0.29, 0.717) is 11.8 Å². The summed E-state index contributed by atoms with van der Waals surface area (Å²) in [5.41, 5.74) is 13.7. The summed E-state index contributed by atoms with van der Waals surface area (Å²) in [6.07, 6.45) is 0. The highest BCUT2D eigenvalue weighted by atomic mass is 16.4. The maximum atomic E-state index is 6.11. The third-order valence-corrected chi connectivity index (χ3v) is 11.9. The Kier molecular flexibility index (Phi) is 9.05. The Morgan fingerprint density at radius 3 is 1.00 bits per heavy atom. The Bertz CT molecular complexity index is 3290. The van der Waals surface area contributed by atoms with E-state index in [1.165, 1.54) is 21.5 Å². The Morgan fingerprint density at radius 2 is 0.609 bits per heavy atom. The number of benzene rings is 10. The average molecular weight is 823 g/mol. The van der Waals surface area contributed by atoms with Crippen LogP contribution < -0.4 is 9.80 Å². The summed E-state index contributed by atoms with van der Waals surface area (Å²) in [7, 11) is 0. The van der Waals surface area contributed by atoms with E-state index in [1.807, 2.05) is 48.5 Å². The molecule has 0 atom stereocenters. The fourth-order valence-corrected chi connectivity index (χ4v) is 8.76. The smallest absolute Gasteiger partial charge is 0.227 e. The molecule has 2 heterocycles. The number of anilines is 6. The van der Waals surface area contributed by atoms with Crippen LogP contribution in [0.3, 0.4) is 0 Å². The lowest BCUT2D eigenvalue weighted by Gasteiger charge is -2.27. The van der Waals surface area contributed by atoms with Crippen LogP contribution in [0.4, 0.5) is 34.1 Å². The van der Waals surface area contributed by atoms with Crippen LogP contribution in [0.1, 0.15) is 0 Å². The van der Waals surface area contributed by atoms with Crippen molar-refractivity contribution >= 4 is 77.9 Å². The van der Waals surface area contributed by atoms with Gasteiger partial charge in [0.2, 0.25) is 11.8 Å². The van der Waals surface area contributed by atoms with Crippen LogP contribution in [0, 0.1) is 0 Å². The molecule has 0 radical (unpaired) electrons. The number of hydrogen-bond acceptors (Lipinski definition) is 6. The molecule has 0 saturated heterocycles. The minimum Gasteiger partial charge on any atom is -0.436 e. The van der Waals surface area contributed by atoms with Crippen LogP contribution in [-0.4, -0.2) is 9.97 Å². The Labute approximate surface area is 369 Å². The van der Waals surface area contributed by atoms with Crippen LogP contribution in [0.25, 0.3) is 77.8 Å². The van der Waals surface area contributed by atoms with Crippen LogP contribution in [0.15, 0.2) is 239 Å². The van der Waals surface area contributed by atoms with Crippen molar-refractivity contribution in [3.8, 4) is 34.0 Å². The van der Waals surface area contributed by atoms with Gasteiger partial charge >= 0.3 is 0 Å². The van der Waals surface area contributed by atoms with Gasteiger partial charge < -0.3 is 18.6 Å². The molecule has 10 aromatic carbocycles. The van der Waals surface area contributed by atoms with Gasteiger partial charge in [0.15, 0.2) is 11.2 Å². The second-order valence-corrected chi connectivity index (χ2v) is 15.8. The van der Waals surface area contributed by atoms with Crippen LogP contribution >= 0.6 is 0 Å². The molecule has 6 nitrogen and oxygen atoms in total. The van der Waals surface area contributed by atoms with E-state index in [2.05, 4.69) is 192 Å². The van der Waals surface area contributed by atoms with Crippen molar-refractivity contribution in [1.82, 2.24) is 9.97 Å². The van der Waals surface area contributed by atoms with Gasteiger partial charge in [-0.2, -0.15) is 0 Å². The molecule has 0 amide bonds. The summed E-state index contributed by atoms with van der Waals surface area (Å²) in [6.45, 7) is 0. The second kappa shape index (κ2) is 15.6. The first-order valence-corrected chi connectivity index (χ1v) is 21.4. The number of para-hydroxylation sites is 4. The van der Waals surface area contributed by atoms with Gasteiger partial charge in [0.1, 0.15) is 11.0 Å². The molecule has 0 aliphatic rings. The van der Waals surface area contributed by atoms with E-state index in [-0.39, 0.29) is 0 Å². The van der Waals surface area contributed by atoms with Gasteiger partial charge in [-0.05, 0) is 131 Å². The van der Waals surface area contributed by atoms with E-state index in [0.717, 1.165) is 78.6 Å². The molecule has 64 heavy (non-hydrogen) atoms. The number of hydrogen-bond donors (Lipinski definition) is 0. The molecule has 0 bridgehead atoms. The summed E-state index contributed by atoms with van der Waals surface area (Å²) < 4.78 is 12.2. The number of aromatic nitrogens is 2. The highest BCUT2D eigenvalue weighted by molar-refractivity contribution is 6.00. The van der Waals surface area contributed by atoms with E-state index >= 15 is 0 Å². The minimum atomic E-state index is 0.606.